The number of anilines is 1. The summed E-state index contributed by atoms with van der Waals surface area (Å²) in [6.07, 6.45) is -0.383. The molecule has 1 amide bonds. The van der Waals surface area contributed by atoms with Gasteiger partial charge in [-0.2, -0.15) is 13.2 Å². The molecule has 4 aliphatic rings. The van der Waals surface area contributed by atoms with Crippen LogP contribution in [-0.4, -0.2) is 63.9 Å². The molecule has 1 atom stereocenters. The van der Waals surface area contributed by atoms with Crippen LogP contribution in [-0.2, 0) is 15.8 Å². The first-order chi connectivity index (χ1) is 14.2. The van der Waals surface area contributed by atoms with Crippen LogP contribution in [0, 0.1) is 5.92 Å². The van der Waals surface area contributed by atoms with Gasteiger partial charge in [-0.3, -0.25) is 4.79 Å². The summed E-state index contributed by atoms with van der Waals surface area (Å²) < 4.78 is 53.4. The summed E-state index contributed by atoms with van der Waals surface area (Å²) in [6.45, 7) is 0.961. The molecule has 1 aromatic rings. The van der Waals surface area contributed by atoms with E-state index >= 15 is 0 Å². The smallest absolute Gasteiger partial charge is 0.386 e. The van der Waals surface area contributed by atoms with Crippen LogP contribution in [0.1, 0.15) is 37.8 Å². The van der Waals surface area contributed by atoms with Crippen molar-refractivity contribution in [2.24, 2.45) is 11.1 Å². The summed E-state index contributed by atoms with van der Waals surface area (Å²) in [6, 6.07) is 0.916. The minimum atomic E-state index is -4.55. The maximum atomic E-state index is 14.5. The zero-order valence-electron chi connectivity index (χ0n) is 16.2. The number of alkyl halides is 4. The third kappa shape index (κ3) is 3.37. The van der Waals surface area contributed by atoms with E-state index in [1.165, 1.54) is 4.90 Å². The van der Waals surface area contributed by atoms with E-state index in [0.717, 1.165) is 25.2 Å². The van der Waals surface area contributed by atoms with Crippen LogP contribution < -0.4 is 4.90 Å². The molecule has 3 fully saturated rings. The normalized spacial score (nSPS) is 28.2. The molecule has 1 saturated carbocycles. The number of nitrogens with zero attached hydrogens (tertiary/aromatic N) is 5. The van der Waals surface area contributed by atoms with Gasteiger partial charge < -0.3 is 14.6 Å². The molecule has 2 saturated heterocycles. The molecule has 3 aliphatic heterocycles. The Bertz CT molecular complexity index is 897. The molecule has 0 bridgehead atoms. The predicted molar refractivity (Wildman–Crippen MR) is 97.5 cm³/mol. The van der Waals surface area contributed by atoms with Crippen molar-refractivity contribution < 1.29 is 27.2 Å². The minimum Gasteiger partial charge on any atom is -0.386 e. The fourth-order valence-corrected chi connectivity index (χ4v) is 4.60. The zero-order chi connectivity index (χ0) is 21.1. The van der Waals surface area contributed by atoms with Gasteiger partial charge >= 0.3 is 6.18 Å². The molecular weight excluding hydrogens is 406 g/mol. The SMILES string of the molecule is O=C(C1=NO[C@@]2(CCCN(c3cc(C(F)(F)F)ncn3)C2)C1)N1CC(F)(C2CC2)C1. The van der Waals surface area contributed by atoms with Crippen LogP contribution >= 0.6 is 0 Å². The molecule has 0 unspecified atom stereocenters. The first-order valence-electron chi connectivity index (χ1n) is 10.0. The Morgan fingerprint density at radius 3 is 2.67 bits per heavy atom. The lowest BCUT2D eigenvalue weighted by Gasteiger charge is -2.44. The van der Waals surface area contributed by atoms with Gasteiger partial charge in [-0.05, 0) is 31.6 Å². The van der Waals surface area contributed by atoms with Crippen LogP contribution in [0.15, 0.2) is 17.5 Å². The van der Waals surface area contributed by atoms with Gasteiger partial charge in [0.1, 0.15) is 29.2 Å². The van der Waals surface area contributed by atoms with Crippen molar-refractivity contribution >= 4 is 17.4 Å². The Hall–Kier alpha value is -2.46. The summed E-state index contributed by atoms with van der Waals surface area (Å²) >= 11 is 0. The number of halogens is 4. The Morgan fingerprint density at radius 1 is 1.20 bits per heavy atom. The fourth-order valence-electron chi connectivity index (χ4n) is 4.60. The van der Waals surface area contributed by atoms with Crippen LogP contribution in [0.3, 0.4) is 0 Å². The third-order valence-corrected chi connectivity index (χ3v) is 6.40. The zero-order valence-corrected chi connectivity index (χ0v) is 16.2. The summed E-state index contributed by atoms with van der Waals surface area (Å²) in [7, 11) is 0. The Labute approximate surface area is 170 Å². The maximum Gasteiger partial charge on any atom is 0.433 e. The lowest BCUT2D eigenvalue weighted by molar-refractivity contribution is -0.141. The largest absolute Gasteiger partial charge is 0.433 e. The molecule has 30 heavy (non-hydrogen) atoms. The molecule has 4 heterocycles. The molecule has 7 nitrogen and oxygen atoms in total. The monoisotopic (exact) mass is 427 g/mol. The van der Waals surface area contributed by atoms with Gasteiger partial charge in [0.05, 0.1) is 19.6 Å². The summed E-state index contributed by atoms with van der Waals surface area (Å²) in [5.74, 6) is -0.0931. The lowest BCUT2D eigenvalue weighted by Crippen LogP contribution is -2.63. The molecule has 1 spiro atoms. The number of oxime groups is 1. The quantitative estimate of drug-likeness (QED) is 0.694. The molecule has 0 radical (unpaired) electrons. The molecule has 1 aromatic heterocycles. The fraction of sp³-hybridized carbons (Fsp3) is 0.684. The van der Waals surface area contributed by atoms with Crippen molar-refractivity contribution in [1.82, 2.24) is 14.9 Å². The number of likely N-dealkylation sites (tertiary alicyclic amines) is 1. The van der Waals surface area contributed by atoms with E-state index in [4.69, 9.17) is 4.84 Å². The van der Waals surface area contributed by atoms with Crippen molar-refractivity contribution in [1.29, 1.82) is 0 Å². The standard InChI is InChI=1S/C19H21F4N5O2/c20-18(12-2-3-12)9-28(10-18)16(29)13-7-17(30-26-13)4-1-5-27(8-17)15-6-14(19(21,22)23)24-11-25-15/h6,11-12H,1-5,7-10H2/t17-/m0/s1. The molecule has 1 aliphatic carbocycles. The maximum absolute atomic E-state index is 14.5. The number of carbonyl (C=O) groups is 1. The van der Waals surface area contributed by atoms with Gasteiger partial charge in [0.2, 0.25) is 0 Å². The Morgan fingerprint density at radius 2 is 1.97 bits per heavy atom. The second kappa shape index (κ2) is 6.52. The van der Waals surface area contributed by atoms with Gasteiger partial charge in [-0.25, -0.2) is 14.4 Å². The van der Waals surface area contributed by atoms with Crippen LogP contribution in [0.2, 0.25) is 0 Å². The van der Waals surface area contributed by atoms with E-state index in [9.17, 15) is 22.4 Å². The first-order valence-corrected chi connectivity index (χ1v) is 10.0. The van der Waals surface area contributed by atoms with E-state index in [2.05, 4.69) is 15.1 Å². The van der Waals surface area contributed by atoms with Gasteiger partial charge in [0.25, 0.3) is 5.91 Å². The topological polar surface area (TPSA) is 70.9 Å². The first kappa shape index (κ1) is 19.5. The second-order valence-electron chi connectivity index (χ2n) is 8.74. The van der Waals surface area contributed by atoms with Crippen LogP contribution in [0.25, 0.3) is 0 Å². The van der Waals surface area contributed by atoms with Gasteiger partial charge in [0, 0.05) is 19.0 Å². The van der Waals surface area contributed by atoms with E-state index in [1.54, 1.807) is 4.90 Å². The van der Waals surface area contributed by atoms with E-state index in [0.29, 0.717) is 19.4 Å². The van der Waals surface area contributed by atoms with Gasteiger partial charge in [-0.1, -0.05) is 5.16 Å². The predicted octanol–water partition coefficient (Wildman–Crippen LogP) is 2.57. The molecule has 0 N–H and O–H groups in total. The molecule has 11 heteroatoms. The average Bonchev–Trinajstić information content (AvgIpc) is 3.47. The summed E-state index contributed by atoms with van der Waals surface area (Å²) in [5, 5.41) is 3.97. The number of hydrogen-bond acceptors (Lipinski definition) is 6. The molecular formula is C19H21F4N5O2. The molecule has 5 rings (SSSR count). The molecule has 0 aromatic carbocycles. The highest BCUT2D eigenvalue weighted by Crippen LogP contribution is 2.47. The van der Waals surface area contributed by atoms with Crippen molar-refractivity contribution in [2.75, 3.05) is 31.1 Å². The number of aromatic nitrogens is 2. The number of rotatable bonds is 3. The lowest BCUT2D eigenvalue weighted by atomic mass is 9.86. The minimum absolute atomic E-state index is 0.0658. The summed E-state index contributed by atoms with van der Waals surface area (Å²) in [4.78, 5) is 28.7. The highest BCUT2D eigenvalue weighted by atomic mass is 19.4. The van der Waals surface area contributed by atoms with Crippen molar-refractivity contribution in [2.45, 2.75) is 49.6 Å². The van der Waals surface area contributed by atoms with E-state index in [1.807, 2.05) is 0 Å². The number of piperidine rings is 1. The van der Waals surface area contributed by atoms with Crippen molar-refractivity contribution in [3.05, 3.63) is 18.1 Å². The van der Waals surface area contributed by atoms with Crippen LogP contribution in [0.4, 0.5) is 23.4 Å². The summed E-state index contributed by atoms with van der Waals surface area (Å²) in [5.41, 5.74) is -2.82. The highest BCUT2D eigenvalue weighted by molar-refractivity contribution is 6.39. The average molecular weight is 427 g/mol. The Balaban J connectivity index is 1.24. The second-order valence-corrected chi connectivity index (χ2v) is 8.74. The number of carbonyl (C=O) groups excluding carboxylic acids is 1. The van der Waals surface area contributed by atoms with E-state index in [-0.39, 0.29) is 49.4 Å². The third-order valence-electron chi connectivity index (χ3n) is 6.40. The van der Waals surface area contributed by atoms with Gasteiger partial charge in [0.15, 0.2) is 5.60 Å². The Kier molecular flexibility index (Phi) is 4.24. The van der Waals surface area contributed by atoms with Crippen molar-refractivity contribution in [3.8, 4) is 0 Å². The number of hydrogen-bond donors (Lipinski definition) is 0. The van der Waals surface area contributed by atoms with Crippen LogP contribution in [0.5, 0.6) is 0 Å². The van der Waals surface area contributed by atoms with Crippen molar-refractivity contribution in [3.63, 3.8) is 0 Å². The highest BCUT2D eigenvalue weighted by Gasteiger charge is 2.56. The number of amides is 1. The van der Waals surface area contributed by atoms with Gasteiger partial charge in [-0.15, -0.1) is 0 Å². The van der Waals surface area contributed by atoms with E-state index < -0.39 is 23.1 Å². The molecule has 162 valence electrons.